The molecule has 0 aromatic heterocycles. The Morgan fingerprint density at radius 1 is 1.11 bits per heavy atom. The van der Waals surface area contributed by atoms with E-state index >= 15 is 0 Å². The highest BCUT2D eigenvalue weighted by atomic mass is 16.5. The summed E-state index contributed by atoms with van der Waals surface area (Å²) in [4.78, 5) is 0. The first-order chi connectivity index (χ1) is 13.2. The molecular weight excluding hydrogens is 332 g/mol. The smallest absolute Gasteiger partial charge is 0.120 e. The van der Waals surface area contributed by atoms with Crippen LogP contribution in [0.25, 0.3) is 6.08 Å². The van der Waals surface area contributed by atoms with Gasteiger partial charge in [0.05, 0.1) is 0 Å². The second-order valence-electron chi connectivity index (χ2n) is 7.07. The number of allylic oxidation sites excluding steroid dienone is 4. The first kappa shape index (κ1) is 17.2. The standard InChI is InChI=1S/C24H24N2O/c1-17-3-9-21(10-4-17)26-22-11-6-19(7-12-22)16-27-23-13-14-24-20(15-23)8-5-18(2)25-24/h3,5-15,17,25-26H,2,4,16H2,1H3. The van der Waals surface area contributed by atoms with Crippen LogP contribution in [0.4, 0.5) is 11.4 Å². The number of ether oxygens (including phenoxy) is 1. The lowest BCUT2D eigenvalue weighted by atomic mass is 10.0. The molecule has 136 valence electrons. The summed E-state index contributed by atoms with van der Waals surface area (Å²) >= 11 is 0. The minimum Gasteiger partial charge on any atom is -0.489 e. The van der Waals surface area contributed by atoms with Gasteiger partial charge in [0.25, 0.3) is 0 Å². The number of hydrogen-bond acceptors (Lipinski definition) is 3. The molecule has 3 nitrogen and oxygen atoms in total. The Bertz CT molecular complexity index is 935. The zero-order valence-corrected chi connectivity index (χ0v) is 15.5. The van der Waals surface area contributed by atoms with Crippen molar-refractivity contribution >= 4 is 17.5 Å². The normalized spacial score (nSPS) is 17.7. The molecule has 0 radical (unpaired) electrons. The number of hydrogen-bond donors (Lipinski definition) is 2. The van der Waals surface area contributed by atoms with E-state index < -0.39 is 0 Å². The summed E-state index contributed by atoms with van der Waals surface area (Å²) in [7, 11) is 0. The third kappa shape index (κ3) is 4.32. The lowest BCUT2D eigenvalue weighted by molar-refractivity contribution is 0.306. The second kappa shape index (κ2) is 7.58. The van der Waals surface area contributed by atoms with E-state index in [4.69, 9.17) is 4.74 Å². The average Bonchev–Trinajstić information content (AvgIpc) is 2.69. The zero-order valence-electron chi connectivity index (χ0n) is 15.5. The molecule has 1 heterocycles. The number of rotatable bonds is 5. The third-order valence-electron chi connectivity index (χ3n) is 4.74. The Morgan fingerprint density at radius 3 is 2.74 bits per heavy atom. The van der Waals surface area contributed by atoms with E-state index in [0.29, 0.717) is 12.5 Å². The maximum absolute atomic E-state index is 5.96. The highest BCUT2D eigenvalue weighted by Crippen LogP contribution is 2.28. The quantitative estimate of drug-likeness (QED) is 0.678. The molecule has 2 aliphatic rings. The molecule has 1 aliphatic carbocycles. The van der Waals surface area contributed by atoms with Gasteiger partial charge in [-0.15, -0.1) is 0 Å². The van der Waals surface area contributed by atoms with Gasteiger partial charge in [0.15, 0.2) is 0 Å². The fourth-order valence-electron chi connectivity index (χ4n) is 3.13. The van der Waals surface area contributed by atoms with Crippen molar-refractivity contribution in [1.82, 2.24) is 0 Å². The van der Waals surface area contributed by atoms with Crippen LogP contribution in [0.5, 0.6) is 5.75 Å². The van der Waals surface area contributed by atoms with Crippen molar-refractivity contribution in [3.8, 4) is 5.75 Å². The van der Waals surface area contributed by atoms with Crippen molar-refractivity contribution in [1.29, 1.82) is 0 Å². The summed E-state index contributed by atoms with van der Waals surface area (Å²) in [6.45, 7) is 6.69. The molecule has 0 saturated heterocycles. The molecule has 2 aromatic rings. The Balaban J connectivity index is 1.35. The van der Waals surface area contributed by atoms with Crippen LogP contribution in [0.2, 0.25) is 0 Å². The summed E-state index contributed by atoms with van der Waals surface area (Å²) in [6, 6.07) is 14.4. The first-order valence-corrected chi connectivity index (χ1v) is 9.31. The lowest BCUT2D eigenvalue weighted by Crippen LogP contribution is -2.03. The predicted molar refractivity (Wildman–Crippen MR) is 114 cm³/mol. The molecule has 4 rings (SSSR count). The van der Waals surface area contributed by atoms with Gasteiger partial charge in [-0.3, -0.25) is 0 Å². The highest BCUT2D eigenvalue weighted by Gasteiger charge is 2.07. The van der Waals surface area contributed by atoms with Crippen molar-refractivity contribution in [2.75, 3.05) is 10.6 Å². The van der Waals surface area contributed by atoms with E-state index in [1.807, 2.05) is 24.3 Å². The Labute approximate surface area is 160 Å². The van der Waals surface area contributed by atoms with E-state index in [2.05, 4.69) is 72.7 Å². The molecule has 3 heteroatoms. The van der Waals surface area contributed by atoms with E-state index in [0.717, 1.165) is 46.1 Å². The van der Waals surface area contributed by atoms with Crippen molar-refractivity contribution in [3.05, 3.63) is 95.9 Å². The lowest BCUT2D eigenvalue weighted by Gasteiger charge is -2.16. The Hall–Kier alpha value is -3.20. The first-order valence-electron chi connectivity index (χ1n) is 9.31. The maximum atomic E-state index is 5.96. The van der Waals surface area contributed by atoms with Crippen LogP contribution in [0.1, 0.15) is 24.5 Å². The largest absolute Gasteiger partial charge is 0.489 e. The van der Waals surface area contributed by atoms with Gasteiger partial charge in [-0.2, -0.15) is 0 Å². The SMILES string of the molecule is C=C1C=Cc2cc(OCc3ccc(NC4=CCC(C)C=C4)cc3)ccc2N1. The molecule has 0 saturated carbocycles. The zero-order chi connectivity index (χ0) is 18.6. The van der Waals surface area contributed by atoms with Crippen LogP contribution in [0, 0.1) is 5.92 Å². The number of anilines is 2. The summed E-state index contributed by atoms with van der Waals surface area (Å²) in [5.41, 5.74) is 6.47. The van der Waals surface area contributed by atoms with Gasteiger partial charge in [-0.05, 0) is 60.4 Å². The molecule has 2 N–H and O–H groups in total. The van der Waals surface area contributed by atoms with E-state index in [9.17, 15) is 0 Å². The molecule has 0 spiro atoms. The average molecular weight is 356 g/mol. The van der Waals surface area contributed by atoms with E-state index in [1.54, 1.807) is 0 Å². The topological polar surface area (TPSA) is 33.3 Å². The monoisotopic (exact) mass is 356 g/mol. The number of nitrogens with one attached hydrogen (secondary N) is 2. The van der Waals surface area contributed by atoms with Gasteiger partial charge in [-0.25, -0.2) is 0 Å². The molecule has 0 bridgehead atoms. The predicted octanol–water partition coefficient (Wildman–Crippen LogP) is 6.11. The van der Waals surface area contributed by atoms with Crippen molar-refractivity contribution < 1.29 is 4.74 Å². The molecule has 0 fully saturated rings. The minimum atomic E-state index is 0.545. The Kier molecular flexibility index (Phi) is 4.84. The van der Waals surface area contributed by atoms with Gasteiger partial charge >= 0.3 is 0 Å². The van der Waals surface area contributed by atoms with Crippen LogP contribution in [0.3, 0.4) is 0 Å². The second-order valence-corrected chi connectivity index (χ2v) is 7.07. The fraction of sp³-hybridized carbons (Fsp3) is 0.167. The van der Waals surface area contributed by atoms with Crippen molar-refractivity contribution in [2.45, 2.75) is 20.0 Å². The summed E-state index contributed by atoms with van der Waals surface area (Å²) in [5, 5.41) is 6.70. The number of fused-ring (bicyclic) bond motifs is 1. The van der Waals surface area contributed by atoms with Gasteiger partial charge in [-0.1, -0.05) is 43.9 Å². The molecule has 1 atom stereocenters. The third-order valence-corrected chi connectivity index (χ3v) is 4.74. The van der Waals surface area contributed by atoms with Crippen LogP contribution < -0.4 is 15.4 Å². The van der Waals surface area contributed by atoms with Crippen molar-refractivity contribution in [2.24, 2.45) is 5.92 Å². The van der Waals surface area contributed by atoms with Crippen LogP contribution in [-0.4, -0.2) is 0 Å². The van der Waals surface area contributed by atoms with Gasteiger partial charge < -0.3 is 15.4 Å². The van der Waals surface area contributed by atoms with Crippen LogP contribution in [-0.2, 0) is 6.61 Å². The molecule has 0 amide bonds. The molecule has 2 aromatic carbocycles. The van der Waals surface area contributed by atoms with Crippen LogP contribution >= 0.6 is 0 Å². The summed E-state index contributed by atoms with van der Waals surface area (Å²) < 4.78 is 5.96. The van der Waals surface area contributed by atoms with Gasteiger partial charge in [0.1, 0.15) is 12.4 Å². The Morgan fingerprint density at radius 2 is 1.96 bits per heavy atom. The summed E-state index contributed by atoms with van der Waals surface area (Å²) in [6.07, 6.45) is 11.7. The number of benzene rings is 2. The highest BCUT2D eigenvalue weighted by molar-refractivity contribution is 5.75. The molecule has 27 heavy (non-hydrogen) atoms. The maximum Gasteiger partial charge on any atom is 0.120 e. The minimum absolute atomic E-state index is 0.545. The van der Waals surface area contributed by atoms with E-state index in [-0.39, 0.29) is 0 Å². The van der Waals surface area contributed by atoms with E-state index in [1.165, 1.54) is 0 Å². The molecule has 1 unspecified atom stereocenters. The van der Waals surface area contributed by atoms with Crippen LogP contribution in [0.15, 0.2) is 84.7 Å². The van der Waals surface area contributed by atoms with Gasteiger partial charge in [0.2, 0.25) is 0 Å². The fourth-order valence-corrected chi connectivity index (χ4v) is 3.13. The summed E-state index contributed by atoms with van der Waals surface area (Å²) in [5.74, 6) is 1.49. The van der Waals surface area contributed by atoms with Crippen molar-refractivity contribution in [3.63, 3.8) is 0 Å². The van der Waals surface area contributed by atoms with Gasteiger partial charge in [0, 0.05) is 28.3 Å². The molecular formula is C24H24N2O. The molecule has 1 aliphatic heterocycles.